The third kappa shape index (κ3) is 2.23. The molecule has 0 radical (unpaired) electrons. The van der Waals surface area contributed by atoms with Gasteiger partial charge in [0.05, 0.1) is 24.2 Å². The van der Waals surface area contributed by atoms with Crippen LogP contribution in [0, 0.1) is 28.1 Å². The summed E-state index contributed by atoms with van der Waals surface area (Å²) in [5.41, 5.74) is 1.12. The van der Waals surface area contributed by atoms with Crippen LogP contribution in [-0.4, -0.2) is 24.7 Å². The Kier molecular flexibility index (Phi) is 3.66. The van der Waals surface area contributed by atoms with Crippen molar-refractivity contribution in [1.29, 1.82) is 10.5 Å². The fourth-order valence-electron chi connectivity index (χ4n) is 4.87. The number of hydrogen-bond donors (Lipinski definition) is 0. The van der Waals surface area contributed by atoms with Crippen LogP contribution in [0.1, 0.15) is 24.0 Å². The second kappa shape index (κ2) is 6.12. The normalized spacial score (nSPS) is 24.9. The number of para-hydroxylation sites is 1. The summed E-state index contributed by atoms with van der Waals surface area (Å²) in [5, 5.41) is 20.5. The number of anilines is 1. The van der Waals surface area contributed by atoms with E-state index >= 15 is 0 Å². The molecule has 1 fully saturated rings. The molecule has 6 nitrogen and oxygen atoms in total. The predicted octanol–water partition coefficient (Wildman–Crippen LogP) is 3.41. The van der Waals surface area contributed by atoms with E-state index in [0.29, 0.717) is 11.5 Å². The second-order valence-corrected chi connectivity index (χ2v) is 7.51. The minimum Gasteiger partial charge on any atom is -0.454 e. The molecule has 3 unspecified atom stereocenters. The molecule has 142 valence electrons. The van der Waals surface area contributed by atoms with E-state index in [4.69, 9.17) is 9.47 Å². The van der Waals surface area contributed by atoms with E-state index in [1.807, 2.05) is 47.4 Å². The van der Waals surface area contributed by atoms with E-state index in [9.17, 15) is 15.3 Å². The number of ether oxygens (including phenoxy) is 2. The van der Waals surface area contributed by atoms with Crippen LogP contribution in [0.3, 0.4) is 0 Å². The van der Waals surface area contributed by atoms with Crippen molar-refractivity contribution in [2.24, 2.45) is 5.41 Å². The van der Waals surface area contributed by atoms with Gasteiger partial charge < -0.3 is 14.4 Å². The molecule has 1 saturated heterocycles. The van der Waals surface area contributed by atoms with Crippen LogP contribution < -0.4 is 14.4 Å². The minimum absolute atomic E-state index is 0.0878. The van der Waals surface area contributed by atoms with Crippen LogP contribution >= 0.6 is 0 Å². The van der Waals surface area contributed by atoms with E-state index in [2.05, 4.69) is 12.1 Å². The Balaban J connectivity index is 1.75. The summed E-state index contributed by atoms with van der Waals surface area (Å²) in [6.07, 6.45) is 3.80. The van der Waals surface area contributed by atoms with Crippen molar-refractivity contribution in [3.8, 4) is 23.6 Å². The number of Topliss-reactive ketones (excluding diaryl/α,β-unsaturated/α-hetero) is 1. The van der Waals surface area contributed by atoms with Crippen LogP contribution in [0.15, 0.2) is 48.5 Å². The third-order valence-corrected chi connectivity index (χ3v) is 6.09. The van der Waals surface area contributed by atoms with Gasteiger partial charge in [0.25, 0.3) is 0 Å². The summed E-state index contributed by atoms with van der Waals surface area (Å²) < 4.78 is 10.9. The maximum atomic E-state index is 12.9. The molecular formula is C23H17N3O3. The number of hydrogen-bond acceptors (Lipinski definition) is 6. The molecule has 0 amide bonds. The van der Waals surface area contributed by atoms with Gasteiger partial charge in [-0.05, 0) is 36.2 Å². The Bertz CT molecular complexity index is 1130. The highest BCUT2D eigenvalue weighted by Gasteiger charge is 2.62. The monoisotopic (exact) mass is 383 g/mol. The summed E-state index contributed by atoms with van der Waals surface area (Å²) in [5.74, 6) is 0.462. The number of nitrogens with zero attached hydrogens (tertiary/aromatic N) is 3. The number of carbonyl (C=O) groups is 1. The molecule has 0 bridgehead atoms. The maximum absolute atomic E-state index is 12.9. The van der Waals surface area contributed by atoms with Crippen molar-refractivity contribution in [1.82, 2.24) is 0 Å². The lowest BCUT2D eigenvalue weighted by Gasteiger charge is -2.35. The summed E-state index contributed by atoms with van der Waals surface area (Å²) >= 11 is 0. The molecule has 3 atom stereocenters. The number of carbonyl (C=O) groups excluding carboxylic acids is 1. The lowest BCUT2D eigenvalue weighted by Crippen LogP contribution is -2.43. The molecule has 3 aliphatic heterocycles. The molecular weight excluding hydrogens is 366 g/mol. The molecule has 0 saturated carbocycles. The van der Waals surface area contributed by atoms with Crippen LogP contribution in [0.4, 0.5) is 5.69 Å². The maximum Gasteiger partial charge on any atom is 0.231 e. The number of rotatable bonds is 2. The smallest absolute Gasteiger partial charge is 0.231 e. The highest BCUT2D eigenvalue weighted by molar-refractivity contribution is 5.91. The summed E-state index contributed by atoms with van der Waals surface area (Å²) in [4.78, 5) is 14.9. The first kappa shape index (κ1) is 17.3. The van der Waals surface area contributed by atoms with Crippen molar-refractivity contribution in [3.63, 3.8) is 0 Å². The first-order valence-corrected chi connectivity index (χ1v) is 9.39. The van der Waals surface area contributed by atoms with E-state index in [-0.39, 0.29) is 12.6 Å². The fourth-order valence-corrected chi connectivity index (χ4v) is 4.87. The Labute approximate surface area is 168 Å². The van der Waals surface area contributed by atoms with Gasteiger partial charge in [0.15, 0.2) is 22.7 Å². The first-order valence-electron chi connectivity index (χ1n) is 9.39. The molecule has 2 aromatic rings. The fraction of sp³-hybridized carbons (Fsp3) is 0.261. The lowest BCUT2D eigenvalue weighted by atomic mass is 9.69. The number of nitriles is 2. The van der Waals surface area contributed by atoms with Crippen LogP contribution in [0.5, 0.6) is 11.5 Å². The van der Waals surface area contributed by atoms with Crippen molar-refractivity contribution in [2.75, 3.05) is 11.7 Å². The molecule has 29 heavy (non-hydrogen) atoms. The Hall–Kier alpha value is -3.77. The van der Waals surface area contributed by atoms with Gasteiger partial charge in [0.1, 0.15) is 0 Å². The van der Waals surface area contributed by atoms with Crippen LogP contribution in [0.2, 0.25) is 0 Å². The lowest BCUT2D eigenvalue weighted by molar-refractivity contribution is -0.118. The highest BCUT2D eigenvalue weighted by atomic mass is 16.7. The first-order chi connectivity index (χ1) is 14.1. The van der Waals surface area contributed by atoms with Gasteiger partial charge in [0, 0.05) is 11.6 Å². The molecule has 0 spiro atoms. The van der Waals surface area contributed by atoms with E-state index in [0.717, 1.165) is 16.8 Å². The molecule has 5 rings (SSSR count). The zero-order valence-corrected chi connectivity index (χ0v) is 15.7. The van der Waals surface area contributed by atoms with Crippen molar-refractivity contribution in [3.05, 3.63) is 59.7 Å². The largest absolute Gasteiger partial charge is 0.454 e. The van der Waals surface area contributed by atoms with E-state index in [1.165, 1.54) is 6.92 Å². The van der Waals surface area contributed by atoms with Crippen molar-refractivity contribution >= 4 is 17.5 Å². The minimum atomic E-state index is -1.42. The average Bonchev–Trinajstić information content (AvgIpc) is 3.33. The molecule has 0 aliphatic carbocycles. The predicted molar refractivity (Wildman–Crippen MR) is 105 cm³/mol. The SMILES string of the molecule is CC(=O)C1C(c2ccc3c(c2)OCO3)C(C#N)(C#N)C2C=Cc3ccccc3N12. The number of ketones is 1. The summed E-state index contributed by atoms with van der Waals surface area (Å²) in [7, 11) is 0. The van der Waals surface area contributed by atoms with E-state index < -0.39 is 23.4 Å². The van der Waals surface area contributed by atoms with Gasteiger partial charge in [-0.2, -0.15) is 10.5 Å². The summed E-state index contributed by atoms with van der Waals surface area (Å²) in [6, 6.07) is 16.5. The van der Waals surface area contributed by atoms with Gasteiger partial charge in [-0.15, -0.1) is 0 Å². The van der Waals surface area contributed by atoms with Crippen LogP contribution in [0.25, 0.3) is 6.08 Å². The zero-order chi connectivity index (χ0) is 20.2. The highest BCUT2D eigenvalue weighted by Crippen LogP contribution is 2.55. The van der Waals surface area contributed by atoms with Gasteiger partial charge in [-0.25, -0.2) is 0 Å². The molecule has 3 heterocycles. The second-order valence-electron chi connectivity index (χ2n) is 7.51. The van der Waals surface area contributed by atoms with Gasteiger partial charge >= 0.3 is 0 Å². The average molecular weight is 383 g/mol. The van der Waals surface area contributed by atoms with Gasteiger partial charge in [0.2, 0.25) is 6.79 Å². The standard InChI is InChI=1S/C23H17N3O3/c1-14(27)22-21(16-6-8-18-19(10-16)29-13-28-18)23(11-24,12-25)20-9-7-15-4-2-3-5-17(15)26(20)22/h2-10,20-22H,13H2,1H3. The van der Waals surface area contributed by atoms with Gasteiger partial charge in [-0.3, -0.25) is 4.79 Å². The Morgan fingerprint density at radius 1 is 1.14 bits per heavy atom. The van der Waals surface area contributed by atoms with E-state index in [1.54, 1.807) is 12.1 Å². The zero-order valence-electron chi connectivity index (χ0n) is 15.7. The Morgan fingerprint density at radius 2 is 1.90 bits per heavy atom. The molecule has 0 aromatic heterocycles. The van der Waals surface area contributed by atoms with Crippen molar-refractivity contribution in [2.45, 2.75) is 24.9 Å². The number of benzene rings is 2. The van der Waals surface area contributed by atoms with Gasteiger partial charge in [-0.1, -0.05) is 36.4 Å². The molecule has 0 N–H and O–H groups in total. The van der Waals surface area contributed by atoms with Crippen LogP contribution in [-0.2, 0) is 4.79 Å². The topological polar surface area (TPSA) is 86.3 Å². The molecule has 6 heteroatoms. The Morgan fingerprint density at radius 3 is 2.66 bits per heavy atom. The quantitative estimate of drug-likeness (QED) is 0.790. The summed E-state index contributed by atoms with van der Waals surface area (Å²) in [6.45, 7) is 1.65. The third-order valence-electron chi connectivity index (χ3n) is 6.09. The molecule has 2 aromatic carbocycles. The number of fused-ring (bicyclic) bond motifs is 4. The van der Waals surface area contributed by atoms with Crippen molar-refractivity contribution < 1.29 is 14.3 Å². The molecule has 3 aliphatic rings.